The Hall–Kier alpha value is -2.42. The minimum atomic E-state index is -0.458. The maximum atomic E-state index is 12.5. The van der Waals surface area contributed by atoms with Crippen molar-refractivity contribution in [3.63, 3.8) is 0 Å². The molecule has 0 radical (unpaired) electrons. The summed E-state index contributed by atoms with van der Waals surface area (Å²) in [5.41, 5.74) is 1.13. The molecule has 7 nitrogen and oxygen atoms in total. The number of nitrogens with zero attached hydrogens (tertiary/aromatic N) is 2. The molecule has 0 aliphatic rings. The number of thiazole rings is 1. The van der Waals surface area contributed by atoms with Crippen molar-refractivity contribution in [2.45, 2.75) is 12.8 Å². The van der Waals surface area contributed by atoms with Gasteiger partial charge < -0.3 is 14.6 Å². The highest BCUT2D eigenvalue weighted by atomic mass is 35.5. The van der Waals surface area contributed by atoms with Gasteiger partial charge in [-0.1, -0.05) is 23.7 Å². The van der Waals surface area contributed by atoms with E-state index in [2.05, 4.69) is 15.3 Å². The van der Waals surface area contributed by atoms with Crippen LogP contribution < -0.4 is 16.6 Å². The number of hydrogen-bond donors (Lipinski definition) is 2. The Morgan fingerprint density at radius 1 is 1.32 bits per heavy atom. The molecule has 0 amide bonds. The Bertz CT molecular complexity index is 1040. The van der Waals surface area contributed by atoms with Crippen molar-refractivity contribution >= 4 is 28.1 Å². The summed E-state index contributed by atoms with van der Waals surface area (Å²) < 4.78 is 6.68. The first-order chi connectivity index (χ1) is 13.5. The van der Waals surface area contributed by atoms with Crippen LogP contribution in [0.25, 0.3) is 0 Å². The van der Waals surface area contributed by atoms with Crippen LogP contribution in [0.4, 0.5) is 5.13 Å². The molecule has 0 spiro atoms. The zero-order valence-corrected chi connectivity index (χ0v) is 17.1. The van der Waals surface area contributed by atoms with Crippen molar-refractivity contribution in [3.05, 3.63) is 78.5 Å². The fraction of sp³-hybridized carbons (Fsp3) is 0.316. The van der Waals surface area contributed by atoms with Crippen LogP contribution in [0.1, 0.15) is 29.7 Å². The Morgan fingerprint density at radius 3 is 2.79 bits per heavy atom. The van der Waals surface area contributed by atoms with E-state index in [-0.39, 0.29) is 0 Å². The molecule has 3 rings (SSSR count). The van der Waals surface area contributed by atoms with Crippen molar-refractivity contribution in [1.29, 1.82) is 0 Å². The predicted molar refractivity (Wildman–Crippen MR) is 112 cm³/mol. The van der Waals surface area contributed by atoms with Gasteiger partial charge in [-0.05, 0) is 24.6 Å². The molecule has 0 saturated carbocycles. The minimum absolute atomic E-state index is 0.425. The summed E-state index contributed by atoms with van der Waals surface area (Å²) in [6, 6.07) is 7.26. The summed E-state index contributed by atoms with van der Waals surface area (Å²) in [5.74, 6) is -0.425. The summed E-state index contributed by atoms with van der Waals surface area (Å²) in [6.07, 6.45) is 1.56. The quantitative estimate of drug-likeness (QED) is 0.547. The second kappa shape index (κ2) is 9.18. The zero-order valence-electron chi connectivity index (χ0n) is 15.6. The number of benzene rings is 1. The monoisotopic (exact) mass is 420 g/mol. The van der Waals surface area contributed by atoms with Gasteiger partial charge in [0.05, 0.1) is 18.2 Å². The van der Waals surface area contributed by atoms with E-state index in [1.54, 1.807) is 25.4 Å². The lowest BCUT2D eigenvalue weighted by Crippen LogP contribution is -2.31. The number of aryl methyl sites for hydroxylation is 1. The summed E-state index contributed by atoms with van der Waals surface area (Å²) >= 11 is 7.48. The third kappa shape index (κ3) is 4.70. The van der Waals surface area contributed by atoms with E-state index in [4.69, 9.17) is 16.3 Å². The fourth-order valence-corrected chi connectivity index (χ4v) is 3.72. The number of anilines is 1. The van der Waals surface area contributed by atoms with Gasteiger partial charge in [-0.25, -0.2) is 9.78 Å². The van der Waals surface area contributed by atoms with Gasteiger partial charge in [0, 0.05) is 42.4 Å². The molecule has 28 heavy (non-hydrogen) atoms. The van der Waals surface area contributed by atoms with Crippen molar-refractivity contribution in [1.82, 2.24) is 14.5 Å². The molecule has 2 heterocycles. The van der Waals surface area contributed by atoms with E-state index < -0.39 is 17.2 Å². The average Bonchev–Trinajstić information content (AvgIpc) is 3.13. The molecule has 1 aromatic carbocycles. The fourth-order valence-electron chi connectivity index (χ4n) is 2.83. The second-order valence-electron chi connectivity index (χ2n) is 6.14. The third-order valence-electron chi connectivity index (χ3n) is 4.19. The van der Waals surface area contributed by atoms with E-state index in [1.807, 2.05) is 24.4 Å². The van der Waals surface area contributed by atoms with Crippen LogP contribution in [0.2, 0.25) is 5.02 Å². The molecule has 3 aromatic rings. The number of aromatic amines is 1. The number of rotatable bonds is 8. The molecule has 0 saturated heterocycles. The van der Waals surface area contributed by atoms with E-state index in [1.165, 1.54) is 15.9 Å². The molecule has 2 aromatic heterocycles. The maximum absolute atomic E-state index is 12.5. The van der Waals surface area contributed by atoms with E-state index in [9.17, 15) is 9.59 Å². The summed E-state index contributed by atoms with van der Waals surface area (Å²) in [4.78, 5) is 31.3. The van der Waals surface area contributed by atoms with Gasteiger partial charge in [0.15, 0.2) is 5.13 Å². The number of aromatic nitrogens is 3. The lowest BCUT2D eigenvalue weighted by atomic mass is 9.90. The van der Waals surface area contributed by atoms with E-state index in [0.29, 0.717) is 30.3 Å². The van der Waals surface area contributed by atoms with Gasteiger partial charge in [-0.15, -0.1) is 11.3 Å². The van der Waals surface area contributed by atoms with Crippen LogP contribution >= 0.6 is 22.9 Å². The summed E-state index contributed by atoms with van der Waals surface area (Å²) in [7, 11) is 1.60. The van der Waals surface area contributed by atoms with Crippen molar-refractivity contribution < 1.29 is 4.74 Å². The number of H-pyrrole nitrogens is 1. The molecule has 0 aliphatic heterocycles. The Balaban J connectivity index is 1.99. The maximum Gasteiger partial charge on any atom is 0.328 e. The first kappa shape index (κ1) is 20.3. The van der Waals surface area contributed by atoms with Crippen LogP contribution in [0.5, 0.6) is 0 Å². The van der Waals surface area contributed by atoms with E-state index in [0.717, 1.165) is 16.4 Å². The molecular formula is C19H21ClN4O3S. The van der Waals surface area contributed by atoms with Crippen LogP contribution in [0.3, 0.4) is 0 Å². The molecule has 1 unspecified atom stereocenters. The molecule has 2 N–H and O–H groups in total. The second-order valence-corrected chi connectivity index (χ2v) is 7.43. The Kier molecular flexibility index (Phi) is 6.66. The minimum Gasteiger partial charge on any atom is -0.380 e. The zero-order chi connectivity index (χ0) is 20.1. The highest BCUT2D eigenvalue weighted by Gasteiger charge is 2.23. The molecular weight excluding hydrogens is 400 g/mol. The molecule has 148 valence electrons. The number of hydrogen-bond acceptors (Lipinski definition) is 6. The van der Waals surface area contributed by atoms with Crippen LogP contribution in [-0.2, 0) is 11.8 Å². The van der Waals surface area contributed by atoms with Crippen molar-refractivity contribution in [2.24, 2.45) is 7.05 Å². The number of ether oxygens (including phenoxy) is 1. The Labute approximate surface area is 171 Å². The molecule has 0 fully saturated rings. The van der Waals surface area contributed by atoms with Gasteiger partial charge in [-0.3, -0.25) is 9.78 Å². The van der Waals surface area contributed by atoms with E-state index >= 15 is 0 Å². The summed E-state index contributed by atoms with van der Waals surface area (Å²) in [6.45, 7) is 3.85. The van der Waals surface area contributed by atoms with Gasteiger partial charge >= 0.3 is 5.69 Å². The average molecular weight is 421 g/mol. The van der Waals surface area contributed by atoms with Crippen molar-refractivity contribution in [2.75, 3.05) is 25.1 Å². The molecule has 0 aliphatic carbocycles. The van der Waals surface area contributed by atoms with Gasteiger partial charge in [0.1, 0.15) is 0 Å². The van der Waals surface area contributed by atoms with Crippen LogP contribution in [0.15, 0.2) is 45.4 Å². The molecule has 9 heteroatoms. The number of halogens is 1. The first-order valence-corrected chi connectivity index (χ1v) is 10.1. The molecule has 1 atom stereocenters. The van der Waals surface area contributed by atoms with Gasteiger partial charge in [0.2, 0.25) is 0 Å². The van der Waals surface area contributed by atoms with Crippen LogP contribution in [0, 0.1) is 0 Å². The first-order valence-electron chi connectivity index (χ1n) is 8.82. The lowest BCUT2D eigenvalue weighted by Gasteiger charge is -2.16. The smallest absolute Gasteiger partial charge is 0.328 e. The number of nitrogens with one attached hydrogen (secondary N) is 2. The Morgan fingerprint density at radius 2 is 2.07 bits per heavy atom. The van der Waals surface area contributed by atoms with Gasteiger partial charge in [0.25, 0.3) is 5.56 Å². The normalized spacial score (nSPS) is 12.1. The molecule has 0 bridgehead atoms. The largest absolute Gasteiger partial charge is 0.380 e. The van der Waals surface area contributed by atoms with Crippen LogP contribution in [-0.4, -0.2) is 34.3 Å². The third-order valence-corrected chi connectivity index (χ3v) is 5.26. The standard InChI is InChI=1S/C19H21ClN4O3S/c1-3-27-9-8-21-18-22-15(11-28-18)16(12-4-6-13(20)7-5-12)14-10-24(2)19(26)23-17(14)25/h4-7,10-11,16H,3,8-9H2,1-2H3,(H,21,22)(H,23,25,26). The SMILES string of the molecule is CCOCCNc1nc(C(c2ccc(Cl)cc2)c2cn(C)c(=O)[nH]c2=O)cs1. The summed E-state index contributed by atoms with van der Waals surface area (Å²) in [5, 5.41) is 6.48. The highest BCUT2D eigenvalue weighted by molar-refractivity contribution is 7.13. The lowest BCUT2D eigenvalue weighted by molar-refractivity contribution is 0.158. The highest BCUT2D eigenvalue weighted by Crippen LogP contribution is 2.32. The topological polar surface area (TPSA) is 89.0 Å². The van der Waals surface area contributed by atoms with Gasteiger partial charge in [-0.2, -0.15) is 0 Å². The predicted octanol–water partition coefficient (Wildman–Crippen LogP) is 2.81. The van der Waals surface area contributed by atoms with Crippen molar-refractivity contribution in [3.8, 4) is 0 Å².